The molecule has 0 spiro atoms. The Morgan fingerprint density at radius 1 is 1.17 bits per heavy atom. The number of hydrogen-bond acceptors (Lipinski definition) is 5. The zero-order valence-corrected chi connectivity index (χ0v) is 17.9. The number of amides is 1. The highest BCUT2D eigenvalue weighted by molar-refractivity contribution is 7.99. The predicted molar refractivity (Wildman–Crippen MR) is 119 cm³/mol. The molecule has 3 aromatic rings. The van der Waals surface area contributed by atoms with Crippen LogP contribution in [0.1, 0.15) is 21.6 Å². The number of benzene rings is 1. The van der Waals surface area contributed by atoms with E-state index in [1.54, 1.807) is 25.3 Å². The average molecular weight is 433 g/mol. The molecule has 3 heterocycles. The van der Waals surface area contributed by atoms with Crippen LogP contribution in [-0.2, 0) is 0 Å². The van der Waals surface area contributed by atoms with Crippen molar-refractivity contribution in [2.45, 2.75) is 13.8 Å². The third-order valence-corrected chi connectivity index (χ3v) is 5.78. The van der Waals surface area contributed by atoms with E-state index in [0.717, 1.165) is 22.6 Å². The maximum absolute atomic E-state index is 14.1. The maximum atomic E-state index is 14.1. The number of thioether (sulfide) groups is 1. The number of aromatic nitrogens is 2. The first-order valence-corrected chi connectivity index (χ1v) is 10.3. The Kier molecular flexibility index (Phi) is 6.59. The fraction of sp³-hybridized carbons (Fsp3) is 0.286. The largest absolute Gasteiger partial charge is 0.354 e. The van der Waals surface area contributed by atoms with Crippen molar-refractivity contribution in [2.75, 3.05) is 29.9 Å². The van der Waals surface area contributed by atoms with Crippen LogP contribution in [0.15, 0.2) is 36.5 Å². The van der Waals surface area contributed by atoms with E-state index in [4.69, 9.17) is 0 Å². The van der Waals surface area contributed by atoms with E-state index in [2.05, 4.69) is 15.3 Å². The molecule has 0 saturated carbocycles. The Labute approximate surface area is 179 Å². The van der Waals surface area contributed by atoms with E-state index < -0.39 is 0 Å². The summed E-state index contributed by atoms with van der Waals surface area (Å²) < 4.78 is 14.1. The third kappa shape index (κ3) is 4.46. The minimum Gasteiger partial charge on any atom is -0.354 e. The third-order valence-electron chi connectivity index (χ3n) is 4.84. The number of nitrogens with zero attached hydrogens (tertiary/aromatic N) is 3. The normalized spacial score (nSPS) is 13.8. The Morgan fingerprint density at radius 2 is 1.93 bits per heavy atom. The lowest BCUT2D eigenvalue weighted by molar-refractivity contribution is 0.0773. The SMILES string of the molecule is Cc1ccc2c(Nc3ccc(C)c(F)c3)c(C(=O)N3CCSCC3)cnc2n1.Cl. The summed E-state index contributed by atoms with van der Waals surface area (Å²) in [6.07, 6.45) is 1.58. The second-order valence-electron chi connectivity index (χ2n) is 6.86. The summed E-state index contributed by atoms with van der Waals surface area (Å²) in [5, 5.41) is 3.99. The van der Waals surface area contributed by atoms with E-state index in [1.807, 2.05) is 35.7 Å². The second-order valence-corrected chi connectivity index (χ2v) is 8.09. The summed E-state index contributed by atoms with van der Waals surface area (Å²) >= 11 is 1.85. The lowest BCUT2D eigenvalue weighted by atomic mass is 10.1. The fourth-order valence-corrected chi connectivity index (χ4v) is 4.12. The van der Waals surface area contributed by atoms with Crippen LogP contribution in [0.5, 0.6) is 0 Å². The number of carbonyl (C=O) groups is 1. The van der Waals surface area contributed by atoms with Crippen LogP contribution in [-0.4, -0.2) is 45.4 Å². The smallest absolute Gasteiger partial charge is 0.257 e. The fourth-order valence-electron chi connectivity index (χ4n) is 3.22. The number of aryl methyl sites for hydroxylation is 2. The molecule has 8 heteroatoms. The first-order valence-electron chi connectivity index (χ1n) is 9.19. The van der Waals surface area contributed by atoms with Crippen molar-refractivity contribution >= 4 is 52.5 Å². The molecule has 29 heavy (non-hydrogen) atoms. The van der Waals surface area contributed by atoms with Gasteiger partial charge in [-0.05, 0) is 43.7 Å². The second kappa shape index (κ2) is 8.97. The zero-order valence-electron chi connectivity index (χ0n) is 16.2. The molecule has 0 bridgehead atoms. The number of halogens is 2. The molecule has 1 saturated heterocycles. The lowest BCUT2D eigenvalue weighted by Gasteiger charge is -2.27. The Morgan fingerprint density at radius 3 is 2.66 bits per heavy atom. The van der Waals surface area contributed by atoms with Gasteiger partial charge in [0.05, 0.1) is 11.3 Å². The van der Waals surface area contributed by atoms with E-state index in [9.17, 15) is 9.18 Å². The minimum absolute atomic E-state index is 0. The van der Waals surface area contributed by atoms with Crippen molar-refractivity contribution in [2.24, 2.45) is 0 Å². The standard InChI is InChI=1S/C21H21FN4OS.ClH/c1-13-3-5-15(11-18(13)22)25-19-16-6-4-14(2)24-20(16)23-12-17(19)21(27)26-7-9-28-10-8-26;/h3-6,11-12H,7-10H2,1-2H3,(H,23,24,25);1H. The van der Waals surface area contributed by atoms with Gasteiger partial charge in [-0.15, -0.1) is 12.4 Å². The van der Waals surface area contributed by atoms with Crippen molar-refractivity contribution < 1.29 is 9.18 Å². The number of pyridine rings is 2. The molecule has 5 nitrogen and oxygen atoms in total. The van der Waals surface area contributed by atoms with Gasteiger partial charge in [0.15, 0.2) is 5.65 Å². The first kappa shape index (κ1) is 21.3. The molecule has 2 aromatic heterocycles. The highest BCUT2D eigenvalue weighted by atomic mass is 35.5. The lowest BCUT2D eigenvalue weighted by Crippen LogP contribution is -2.38. The molecule has 0 radical (unpaired) electrons. The molecule has 1 amide bonds. The Hall–Kier alpha value is -2.38. The molecule has 1 aromatic carbocycles. The van der Waals surface area contributed by atoms with Gasteiger partial charge in [0, 0.05) is 47.6 Å². The van der Waals surface area contributed by atoms with E-state index in [1.165, 1.54) is 6.07 Å². The minimum atomic E-state index is -0.293. The highest BCUT2D eigenvalue weighted by Gasteiger charge is 2.23. The Balaban J connectivity index is 0.00000240. The van der Waals surface area contributed by atoms with Crippen LogP contribution in [0, 0.1) is 19.7 Å². The average Bonchev–Trinajstić information content (AvgIpc) is 2.71. The predicted octanol–water partition coefficient (Wildman–Crippen LogP) is 4.74. The molecular formula is C21H22ClFN4OS. The molecule has 1 N–H and O–H groups in total. The van der Waals surface area contributed by atoms with Crippen molar-refractivity contribution in [3.63, 3.8) is 0 Å². The summed E-state index contributed by atoms with van der Waals surface area (Å²) in [6, 6.07) is 8.75. The maximum Gasteiger partial charge on any atom is 0.257 e. The number of nitrogens with one attached hydrogen (secondary N) is 1. The topological polar surface area (TPSA) is 58.1 Å². The van der Waals surface area contributed by atoms with Crippen LogP contribution in [0.25, 0.3) is 11.0 Å². The van der Waals surface area contributed by atoms with Gasteiger partial charge in [-0.1, -0.05) is 6.07 Å². The summed E-state index contributed by atoms with van der Waals surface area (Å²) in [5.74, 6) is 1.50. The van der Waals surface area contributed by atoms with Crippen LogP contribution >= 0.6 is 24.2 Å². The van der Waals surface area contributed by atoms with Crippen molar-refractivity contribution in [3.8, 4) is 0 Å². The number of carbonyl (C=O) groups excluding carboxylic acids is 1. The van der Waals surface area contributed by atoms with E-state index in [0.29, 0.717) is 41.2 Å². The summed E-state index contributed by atoms with van der Waals surface area (Å²) in [4.78, 5) is 23.9. The zero-order chi connectivity index (χ0) is 19.7. The van der Waals surface area contributed by atoms with Crippen LogP contribution < -0.4 is 5.32 Å². The molecule has 1 aliphatic heterocycles. The van der Waals surface area contributed by atoms with Gasteiger partial charge >= 0.3 is 0 Å². The van der Waals surface area contributed by atoms with E-state index in [-0.39, 0.29) is 24.1 Å². The monoisotopic (exact) mass is 432 g/mol. The highest BCUT2D eigenvalue weighted by Crippen LogP contribution is 2.30. The van der Waals surface area contributed by atoms with Crippen LogP contribution in [0.3, 0.4) is 0 Å². The number of anilines is 2. The molecule has 0 atom stereocenters. The number of fused-ring (bicyclic) bond motifs is 1. The van der Waals surface area contributed by atoms with Gasteiger partial charge in [-0.3, -0.25) is 4.79 Å². The van der Waals surface area contributed by atoms with Crippen LogP contribution in [0.4, 0.5) is 15.8 Å². The molecule has 152 valence electrons. The van der Waals surface area contributed by atoms with Gasteiger partial charge < -0.3 is 10.2 Å². The van der Waals surface area contributed by atoms with Gasteiger partial charge in [-0.25, -0.2) is 14.4 Å². The van der Waals surface area contributed by atoms with Crippen molar-refractivity contribution in [1.82, 2.24) is 14.9 Å². The first-order chi connectivity index (χ1) is 13.5. The van der Waals surface area contributed by atoms with Gasteiger partial charge in [0.2, 0.25) is 0 Å². The molecule has 1 fully saturated rings. The van der Waals surface area contributed by atoms with Crippen molar-refractivity contribution in [3.05, 3.63) is 59.2 Å². The summed E-state index contributed by atoms with van der Waals surface area (Å²) in [6.45, 7) is 5.05. The van der Waals surface area contributed by atoms with E-state index >= 15 is 0 Å². The Bertz CT molecular complexity index is 1060. The summed E-state index contributed by atoms with van der Waals surface area (Å²) in [7, 11) is 0. The number of rotatable bonds is 3. The molecule has 0 unspecified atom stereocenters. The summed E-state index contributed by atoms with van der Waals surface area (Å²) in [5.41, 5.74) is 3.65. The van der Waals surface area contributed by atoms with Crippen LogP contribution in [0.2, 0.25) is 0 Å². The van der Waals surface area contributed by atoms with Gasteiger partial charge in [-0.2, -0.15) is 11.8 Å². The molecule has 0 aliphatic carbocycles. The number of hydrogen-bond donors (Lipinski definition) is 1. The van der Waals surface area contributed by atoms with Crippen molar-refractivity contribution in [1.29, 1.82) is 0 Å². The molecule has 4 rings (SSSR count). The van der Waals surface area contributed by atoms with Gasteiger partial charge in [0.1, 0.15) is 5.82 Å². The van der Waals surface area contributed by atoms with Gasteiger partial charge in [0.25, 0.3) is 5.91 Å². The molecule has 1 aliphatic rings. The molecular weight excluding hydrogens is 411 g/mol. The quantitative estimate of drug-likeness (QED) is 0.647.